The number of ether oxygens (including phenoxy) is 1. The van der Waals surface area contributed by atoms with Gasteiger partial charge in [0.05, 0.1) is 0 Å². The molecular weight excluding hydrogens is 378 g/mol. The summed E-state index contributed by atoms with van der Waals surface area (Å²) in [5.41, 5.74) is 0.777. The van der Waals surface area contributed by atoms with Gasteiger partial charge in [-0.15, -0.1) is 0 Å². The average Bonchev–Trinajstić information content (AvgIpc) is 3.37. The van der Waals surface area contributed by atoms with Crippen LogP contribution in [-0.2, 0) is 4.79 Å². The second-order valence-corrected chi connectivity index (χ2v) is 7.17. The lowest BCUT2D eigenvalue weighted by Crippen LogP contribution is -2.40. The fourth-order valence-electron chi connectivity index (χ4n) is 3.39. The lowest BCUT2D eigenvalue weighted by molar-refractivity contribution is -0.139. The van der Waals surface area contributed by atoms with E-state index in [1.807, 2.05) is 42.5 Å². The zero-order chi connectivity index (χ0) is 19.5. The molecule has 144 valence electrons. The van der Waals surface area contributed by atoms with Crippen molar-refractivity contribution >= 4 is 17.5 Å². The second-order valence-electron chi connectivity index (χ2n) is 6.73. The third kappa shape index (κ3) is 3.87. The van der Waals surface area contributed by atoms with Crippen molar-refractivity contribution in [2.24, 2.45) is 0 Å². The highest BCUT2D eigenvalue weighted by Crippen LogP contribution is 2.33. The quantitative estimate of drug-likeness (QED) is 0.633. The van der Waals surface area contributed by atoms with Gasteiger partial charge in [-0.25, -0.2) is 0 Å². The van der Waals surface area contributed by atoms with Gasteiger partial charge in [0.15, 0.2) is 6.10 Å². The molecule has 2 aromatic carbocycles. The van der Waals surface area contributed by atoms with E-state index in [2.05, 4.69) is 10.1 Å². The molecule has 1 aromatic heterocycles. The summed E-state index contributed by atoms with van der Waals surface area (Å²) in [7, 11) is 0. The van der Waals surface area contributed by atoms with Gasteiger partial charge >= 0.3 is 0 Å². The molecule has 4 rings (SSSR count). The summed E-state index contributed by atoms with van der Waals surface area (Å²) in [5, 5.41) is 4.67. The Morgan fingerprint density at radius 2 is 2.07 bits per heavy atom. The normalized spacial score (nSPS) is 17.5. The predicted octanol–water partition coefficient (Wildman–Crippen LogP) is 4.52. The molecule has 0 aliphatic carbocycles. The number of para-hydroxylation sites is 1. The molecule has 28 heavy (non-hydrogen) atoms. The maximum absolute atomic E-state index is 12.9. The molecule has 0 bridgehead atoms. The van der Waals surface area contributed by atoms with E-state index in [-0.39, 0.29) is 11.9 Å². The highest BCUT2D eigenvalue weighted by molar-refractivity contribution is 6.30. The SMILES string of the molecule is C[C@@H](Oc1ccccc1)C(=O)N1CCC[C@@H]1c1nc(-c2cccc(Cl)c2)no1. The summed E-state index contributed by atoms with van der Waals surface area (Å²) >= 11 is 6.04. The number of halogens is 1. The fraction of sp³-hybridized carbons (Fsp3) is 0.286. The smallest absolute Gasteiger partial charge is 0.264 e. The predicted molar refractivity (Wildman–Crippen MR) is 105 cm³/mol. The van der Waals surface area contributed by atoms with Crippen LogP contribution in [0.15, 0.2) is 59.1 Å². The van der Waals surface area contributed by atoms with Crippen molar-refractivity contribution in [1.82, 2.24) is 15.0 Å². The molecule has 0 spiro atoms. The number of carbonyl (C=O) groups is 1. The Kier molecular flexibility index (Phi) is 5.30. The number of likely N-dealkylation sites (tertiary alicyclic amines) is 1. The molecule has 2 atom stereocenters. The van der Waals surface area contributed by atoms with E-state index >= 15 is 0 Å². The monoisotopic (exact) mass is 397 g/mol. The molecular formula is C21H20ClN3O3. The number of hydrogen-bond donors (Lipinski definition) is 0. The number of amides is 1. The minimum atomic E-state index is -0.599. The van der Waals surface area contributed by atoms with E-state index in [0.29, 0.717) is 29.0 Å². The molecule has 0 saturated carbocycles. The van der Waals surface area contributed by atoms with Crippen LogP contribution >= 0.6 is 11.6 Å². The van der Waals surface area contributed by atoms with Crippen molar-refractivity contribution in [3.8, 4) is 17.1 Å². The minimum absolute atomic E-state index is 0.0890. The van der Waals surface area contributed by atoms with E-state index in [1.54, 1.807) is 24.0 Å². The summed E-state index contributed by atoms with van der Waals surface area (Å²) in [6.45, 7) is 2.40. The van der Waals surface area contributed by atoms with Gasteiger partial charge < -0.3 is 14.2 Å². The van der Waals surface area contributed by atoms with Crippen LogP contribution in [0.25, 0.3) is 11.4 Å². The molecule has 2 heterocycles. The van der Waals surface area contributed by atoms with Crippen molar-refractivity contribution in [3.05, 3.63) is 65.5 Å². The molecule has 3 aromatic rings. The first-order chi connectivity index (χ1) is 13.6. The molecule has 1 fully saturated rings. The van der Waals surface area contributed by atoms with Crippen LogP contribution in [0.2, 0.25) is 5.02 Å². The van der Waals surface area contributed by atoms with Gasteiger partial charge in [0.25, 0.3) is 5.91 Å². The third-order valence-electron chi connectivity index (χ3n) is 4.75. The number of aromatic nitrogens is 2. The van der Waals surface area contributed by atoms with Crippen LogP contribution in [-0.4, -0.2) is 33.6 Å². The van der Waals surface area contributed by atoms with Crippen molar-refractivity contribution in [2.45, 2.75) is 31.9 Å². The van der Waals surface area contributed by atoms with Gasteiger partial charge in [-0.1, -0.05) is 47.1 Å². The standard InChI is InChI=1S/C21H20ClN3O3/c1-14(27-17-9-3-2-4-10-17)21(26)25-12-6-11-18(25)20-23-19(24-28-20)15-7-5-8-16(22)13-15/h2-5,7-10,13-14,18H,6,11-12H2,1H3/t14-,18-/m1/s1. The largest absolute Gasteiger partial charge is 0.481 e. The first kappa shape index (κ1) is 18.5. The van der Waals surface area contributed by atoms with Gasteiger partial charge in [0.2, 0.25) is 11.7 Å². The molecule has 1 aliphatic rings. The minimum Gasteiger partial charge on any atom is -0.481 e. The van der Waals surface area contributed by atoms with E-state index in [4.69, 9.17) is 20.9 Å². The van der Waals surface area contributed by atoms with Crippen LogP contribution < -0.4 is 4.74 Å². The Morgan fingerprint density at radius 3 is 2.86 bits per heavy atom. The number of hydrogen-bond acceptors (Lipinski definition) is 5. The first-order valence-electron chi connectivity index (χ1n) is 9.23. The van der Waals surface area contributed by atoms with E-state index in [1.165, 1.54) is 0 Å². The highest BCUT2D eigenvalue weighted by atomic mass is 35.5. The van der Waals surface area contributed by atoms with Crippen LogP contribution in [0.4, 0.5) is 0 Å². The van der Waals surface area contributed by atoms with Gasteiger partial charge in [0, 0.05) is 17.1 Å². The van der Waals surface area contributed by atoms with Gasteiger partial charge in [-0.05, 0) is 44.0 Å². The number of carbonyl (C=O) groups excluding carboxylic acids is 1. The molecule has 1 saturated heterocycles. The van der Waals surface area contributed by atoms with Gasteiger partial charge in [-0.3, -0.25) is 4.79 Å². The topological polar surface area (TPSA) is 68.5 Å². The lowest BCUT2D eigenvalue weighted by atomic mass is 10.2. The van der Waals surface area contributed by atoms with Crippen molar-refractivity contribution in [2.75, 3.05) is 6.54 Å². The summed E-state index contributed by atoms with van der Waals surface area (Å²) in [6.07, 6.45) is 1.06. The number of benzene rings is 2. The summed E-state index contributed by atoms with van der Waals surface area (Å²) in [5.74, 6) is 1.48. The Bertz CT molecular complexity index is 960. The zero-order valence-electron chi connectivity index (χ0n) is 15.4. The lowest BCUT2D eigenvalue weighted by Gasteiger charge is -2.25. The molecule has 6 nitrogen and oxygen atoms in total. The van der Waals surface area contributed by atoms with Crippen LogP contribution in [0.5, 0.6) is 5.75 Å². The Balaban J connectivity index is 1.50. The van der Waals surface area contributed by atoms with E-state index in [9.17, 15) is 4.79 Å². The maximum Gasteiger partial charge on any atom is 0.264 e. The van der Waals surface area contributed by atoms with E-state index < -0.39 is 6.10 Å². The Hall–Kier alpha value is -2.86. The molecule has 0 N–H and O–H groups in total. The van der Waals surface area contributed by atoms with Crippen LogP contribution in [0.1, 0.15) is 31.7 Å². The molecule has 0 radical (unpaired) electrons. The summed E-state index contributed by atoms with van der Waals surface area (Å²) < 4.78 is 11.3. The van der Waals surface area contributed by atoms with Crippen molar-refractivity contribution in [1.29, 1.82) is 0 Å². The average molecular weight is 398 g/mol. The Labute approximate surface area is 168 Å². The Morgan fingerprint density at radius 1 is 1.25 bits per heavy atom. The number of rotatable bonds is 5. The van der Waals surface area contributed by atoms with Crippen molar-refractivity contribution in [3.63, 3.8) is 0 Å². The van der Waals surface area contributed by atoms with Gasteiger partial charge in [0.1, 0.15) is 11.8 Å². The summed E-state index contributed by atoms with van der Waals surface area (Å²) in [6, 6.07) is 16.4. The summed E-state index contributed by atoms with van der Waals surface area (Å²) in [4.78, 5) is 19.2. The van der Waals surface area contributed by atoms with Crippen molar-refractivity contribution < 1.29 is 14.1 Å². The van der Waals surface area contributed by atoms with Gasteiger partial charge in [-0.2, -0.15) is 4.98 Å². The fourth-order valence-corrected chi connectivity index (χ4v) is 3.58. The highest BCUT2D eigenvalue weighted by Gasteiger charge is 2.36. The first-order valence-corrected chi connectivity index (χ1v) is 9.61. The third-order valence-corrected chi connectivity index (χ3v) is 4.98. The molecule has 1 aliphatic heterocycles. The van der Waals surface area contributed by atoms with E-state index in [0.717, 1.165) is 18.4 Å². The molecule has 0 unspecified atom stereocenters. The maximum atomic E-state index is 12.9. The van der Waals surface area contributed by atoms with Crippen LogP contribution in [0.3, 0.4) is 0 Å². The second kappa shape index (κ2) is 8.02. The van der Waals surface area contributed by atoms with Crippen LogP contribution in [0, 0.1) is 0 Å². The molecule has 1 amide bonds. The zero-order valence-corrected chi connectivity index (χ0v) is 16.2. The number of nitrogens with zero attached hydrogens (tertiary/aromatic N) is 3. The molecule has 7 heteroatoms.